The van der Waals surface area contributed by atoms with Crippen LogP contribution in [0.25, 0.3) is 11.3 Å². The number of anilines is 1. The molecule has 0 bridgehead atoms. The molecule has 0 unspecified atom stereocenters. The van der Waals surface area contributed by atoms with Gasteiger partial charge in [-0.15, -0.1) is 13.2 Å². The molecule has 0 spiro atoms. The molecule has 0 saturated carbocycles. The van der Waals surface area contributed by atoms with Crippen molar-refractivity contribution in [2.45, 2.75) is 19.3 Å². The summed E-state index contributed by atoms with van der Waals surface area (Å²) in [4.78, 5) is 12.5. The van der Waals surface area contributed by atoms with Crippen molar-refractivity contribution in [2.24, 2.45) is 12.8 Å². The van der Waals surface area contributed by atoms with Crippen LogP contribution in [-0.2, 0) is 7.05 Å². The van der Waals surface area contributed by atoms with Crippen molar-refractivity contribution in [3.8, 4) is 22.8 Å². The third kappa shape index (κ3) is 5.98. The average molecular weight is 434 g/mol. The molecule has 3 N–H and O–H groups in total. The van der Waals surface area contributed by atoms with E-state index in [1.54, 1.807) is 42.2 Å². The number of hydrogen-bond donors (Lipinski definition) is 2. The third-order valence-corrected chi connectivity index (χ3v) is 4.19. The van der Waals surface area contributed by atoms with E-state index in [2.05, 4.69) is 15.2 Å². The number of nitrogens with two attached hydrogens (primary N) is 1. The molecule has 2 aromatic carbocycles. The van der Waals surface area contributed by atoms with Crippen LogP contribution >= 0.6 is 0 Å². The Balaban J connectivity index is 1.81. The molecular formula is C21H21F3N4O3. The van der Waals surface area contributed by atoms with Crippen LogP contribution in [0.2, 0.25) is 0 Å². The van der Waals surface area contributed by atoms with Crippen molar-refractivity contribution in [1.82, 2.24) is 9.78 Å². The van der Waals surface area contributed by atoms with Gasteiger partial charge >= 0.3 is 6.36 Å². The molecule has 31 heavy (non-hydrogen) atoms. The normalized spacial score (nSPS) is 12.3. The van der Waals surface area contributed by atoms with Crippen molar-refractivity contribution >= 4 is 11.6 Å². The summed E-state index contributed by atoms with van der Waals surface area (Å²) in [5, 5.41) is 6.89. The molecule has 3 rings (SSSR count). The van der Waals surface area contributed by atoms with Crippen LogP contribution in [0.15, 0.2) is 54.7 Å². The molecule has 164 valence electrons. The SMILES string of the molecule is C[C@H](N)COc1ccc(NC(=O)c2ccc(OC(F)(F)F)cc2)cc1-c1ccnn1C. The standard InChI is InChI=1S/C21H21F3N4O3/c1-13(25)12-30-19-8-5-15(11-17(19)18-9-10-26-28(18)2)27-20(29)14-3-6-16(7-4-14)31-21(22,23)24/h3-11,13H,12,25H2,1-2H3,(H,27,29)/t13-/m0/s1. The maximum absolute atomic E-state index is 12.5. The number of ether oxygens (including phenoxy) is 2. The van der Waals surface area contributed by atoms with Gasteiger partial charge in [0.05, 0.1) is 5.69 Å². The topological polar surface area (TPSA) is 91.4 Å². The Labute approximate surface area is 176 Å². The summed E-state index contributed by atoms with van der Waals surface area (Å²) in [6.45, 7) is 2.13. The molecule has 0 aliphatic rings. The van der Waals surface area contributed by atoms with Crippen molar-refractivity contribution < 1.29 is 27.4 Å². The molecular weight excluding hydrogens is 413 g/mol. The Morgan fingerprint density at radius 1 is 1.19 bits per heavy atom. The minimum atomic E-state index is -4.79. The number of nitrogens with zero attached hydrogens (tertiary/aromatic N) is 2. The molecule has 10 heteroatoms. The lowest BCUT2D eigenvalue weighted by molar-refractivity contribution is -0.274. The summed E-state index contributed by atoms with van der Waals surface area (Å²) in [6, 6.07) is 11.4. The van der Waals surface area contributed by atoms with E-state index in [1.807, 2.05) is 6.92 Å². The fraction of sp³-hybridized carbons (Fsp3) is 0.238. The van der Waals surface area contributed by atoms with E-state index in [0.717, 1.165) is 17.8 Å². The zero-order chi connectivity index (χ0) is 22.6. The number of hydrogen-bond acceptors (Lipinski definition) is 5. The highest BCUT2D eigenvalue weighted by Crippen LogP contribution is 2.33. The first-order chi connectivity index (χ1) is 14.6. The maximum Gasteiger partial charge on any atom is 0.573 e. The van der Waals surface area contributed by atoms with Crippen LogP contribution in [0.3, 0.4) is 0 Å². The molecule has 0 saturated heterocycles. The van der Waals surface area contributed by atoms with E-state index >= 15 is 0 Å². The first-order valence-corrected chi connectivity index (χ1v) is 9.30. The van der Waals surface area contributed by atoms with Crippen LogP contribution in [-0.4, -0.2) is 34.7 Å². The number of alkyl halides is 3. The van der Waals surface area contributed by atoms with Gasteiger partial charge in [-0.3, -0.25) is 9.48 Å². The van der Waals surface area contributed by atoms with Crippen molar-refractivity contribution in [3.05, 3.63) is 60.3 Å². The lowest BCUT2D eigenvalue weighted by Crippen LogP contribution is -2.23. The summed E-state index contributed by atoms with van der Waals surface area (Å²) in [5.74, 6) is -0.315. The van der Waals surface area contributed by atoms with Gasteiger partial charge in [-0.2, -0.15) is 5.10 Å². The highest BCUT2D eigenvalue weighted by molar-refractivity contribution is 6.04. The Morgan fingerprint density at radius 2 is 1.90 bits per heavy atom. The first kappa shape index (κ1) is 22.2. The van der Waals surface area contributed by atoms with E-state index in [9.17, 15) is 18.0 Å². The van der Waals surface area contributed by atoms with E-state index in [4.69, 9.17) is 10.5 Å². The van der Waals surface area contributed by atoms with Crippen LogP contribution < -0.4 is 20.5 Å². The lowest BCUT2D eigenvalue weighted by atomic mass is 10.1. The lowest BCUT2D eigenvalue weighted by Gasteiger charge is -2.15. The second kappa shape index (κ2) is 9.09. The van der Waals surface area contributed by atoms with E-state index < -0.39 is 18.0 Å². The number of amides is 1. The number of benzene rings is 2. The third-order valence-electron chi connectivity index (χ3n) is 4.19. The Kier molecular flexibility index (Phi) is 6.50. The minimum absolute atomic E-state index is 0.164. The molecule has 7 nitrogen and oxygen atoms in total. The Bertz CT molecular complexity index is 1050. The highest BCUT2D eigenvalue weighted by atomic mass is 19.4. The Hall–Kier alpha value is -3.53. The van der Waals surface area contributed by atoms with Gasteiger partial charge in [0.25, 0.3) is 5.91 Å². The molecule has 1 heterocycles. The van der Waals surface area contributed by atoms with E-state index in [-0.39, 0.29) is 11.6 Å². The fourth-order valence-electron chi connectivity index (χ4n) is 2.80. The molecule has 0 aliphatic heterocycles. The number of carbonyl (C=O) groups excluding carboxylic acids is 1. The number of halogens is 3. The van der Waals surface area contributed by atoms with Gasteiger partial charge in [0.2, 0.25) is 0 Å². The first-order valence-electron chi connectivity index (χ1n) is 9.30. The van der Waals surface area contributed by atoms with Crippen LogP contribution in [0.4, 0.5) is 18.9 Å². The van der Waals surface area contributed by atoms with E-state index in [0.29, 0.717) is 23.6 Å². The molecule has 0 aliphatic carbocycles. The molecule has 0 fully saturated rings. The number of nitrogens with one attached hydrogen (secondary N) is 1. The zero-order valence-electron chi connectivity index (χ0n) is 16.8. The fourth-order valence-corrected chi connectivity index (χ4v) is 2.80. The van der Waals surface area contributed by atoms with Crippen LogP contribution in [0.5, 0.6) is 11.5 Å². The molecule has 0 radical (unpaired) electrons. The minimum Gasteiger partial charge on any atom is -0.491 e. The van der Waals surface area contributed by atoms with Crippen LogP contribution in [0, 0.1) is 0 Å². The quantitative estimate of drug-likeness (QED) is 0.587. The van der Waals surface area contributed by atoms with Gasteiger partial charge in [0.1, 0.15) is 18.1 Å². The second-order valence-corrected chi connectivity index (χ2v) is 6.87. The molecule has 1 aromatic heterocycles. The monoisotopic (exact) mass is 434 g/mol. The predicted octanol–water partition coefficient (Wildman–Crippen LogP) is 3.96. The van der Waals surface area contributed by atoms with Crippen molar-refractivity contribution in [3.63, 3.8) is 0 Å². The smallest absolute Gasteiger partial charge is 0.491 e. The molecule has 1 atom stereocenters. The zero-order valence-corrected chi connectivity index (χ0v) is 16.8. The van der Waals surface area contributed by atoms with Gasteiger partial charge < -0.3 is 20.5 Å². The van der Waals surface area contributed by atoms with Gasteiger partial charge in [0, 0.05) is 36.1 Å². The molecule has 3 aromatic rings. The molecule has 1 amide bonds. The summed E-state index contributed by atoms with van der Waals surface area (Å²) in [5.41, 5.74) is 7.89. The number of aryl methyl sites for hydroxylation is 1. The van der Waals surface area contributed by atoms with E-state index in [1.165, 1.54) is 12.1 Å². The van der Waals surface area contributed by atoms with Gasteiger partial charge in [0.15, 0.2) is 0 Å². The highest BCUT2D eigenvalue weighted by Gasteiger charge is 2.31. The summed E-state index contributed by atoms with van der Waals surface area (Å²) in [6.07, 6.45) is -3.15. The largest absolute Gasteiger partial charge is 0.573 e. The summed E-state index contributed by atoms with van der Waals surface area (Å²) in [7, 11) is 1.78. The number of carbonyl (C=O) groups is 1. The van der Waals surface area contributed by atoms with Crippen LogP contribution in [0.1, 0.15) is 17.3 Å². The van der Waals surface area contributed by atoms with Crippen molar-refractivity contribution in [2.75, 3.05) is 11.9 Å². The van der Waals surface area contributed by atoms with Gasteiger partial charge in [-0.05, 0) is 55.5 Å². The number of rotatable bonds is 7. The Morgan fingerprint density at radius 3 is 2.48 bits per heavy atom. The summed E-state index contributed by atoms with van der Waals surface area (Å²) < 4.78 is 48.1. The summed E-state index contributed by atoms with van der Waals surface area (Å²) >= 11 is 0. The average Bonchev–Trinajstić information content (AvgIpc) is 3.11. The van der Waals surface area contributed by atoms with Gasteiger partial charge in [-0.25, -0.2) is 0 Å². The second-order valence-electron chi connectivity index (χ2n) is 6.87. The number of aromatic nitrogens is 2. The van der Waals surface area contributed by atoms with Gasteiger partial charge in [-0.1, -0.05) is 0 Å². The van der Waals surface area contributed by atoms with Crippen molar-refractivity contribution in [1.29, 1.82) is 0 Å². The predicted molar refractivity (Wildman–Crippen MR) is 109 cm³/mol. The maximum atomic E-state index is 12.5.